The summed E-state index contributed by atoms with van der Waals surface area (Å²) in [7, 11) is -3.24. The molecule has 1 fully saturated rings. The SMILES string of the molecule is CS(=O)(=O)c1ccc(-c2cnc3[nH]c(C(=O)N4CCC(c5ccccc5)CC4)cc3c2)cc1. The Morgan fingerprint density at radius 3 is 2.33 bits per heavy atom. The summed E-state index contributed by atoms with van der Waals surface area (Å²) in [5.74, 6) is 0.495. The second-order valence-corrected chi connectivity index (χ2v) is 10.6. The van der Waals surface area contributed by atoms with Crippen molar-refractivity contribution in [1.29, 1.82) is 0 Å². The molecular formula is C26H25N3O3S. The van der Waals surface area contributed by atoms with E-state index in [2.05, 4.69) is 34.2 Å². The van der Waals surface area contributed by atoms with E-state index in [-0.39, 0.29) is 10.8 Å². The number of rotatable bonds is 4. The maximum Gasteiger partial charge on any atom is 0.270 e. The third-order valence-electron chi connectivity index (χ3n) is 6.37. The lowest BCUT2D eigenvalue weighted by Gasteiger charge is -2.32. The Hall–Kier alpha value is -3.45. The first-order valence-corrected chi connectivity index (χ1v) is 12.9. The van der Waals surface area contributed by atoms with Crippen LogP contribution in [0.25, 0.3) is 22.2 Å². The zero-order chi connectivity index (χ0) is 23.0. The molecule has 6 nitrogen and oxygen atoms in total. The molecule has 1 amide bonds. The smallest absolute Gasteiger partial charge is 0.270 e. The number of hydrogen-bond donors (Lipinski definition) is 1. The van der Waals surface area contributed by atoms with Crippen LogP contribution >= 0.6 is 0 Å². The van der Waals surface area contributed by atoms with Crippen molar-refractivity contribution in [2.75, 3.05) is 19.3 Å². The Morgan fingerprint density at radius 2 is 1.67 bits per heavy atom. The number of carbonyl (C=O) groups is 1. The van der Waals surface area contributed by atoms with Gasteiger partial charge in [-0.3, -0.25) is 4.79 Å². The Kier molecular flexibility index (Phi) is 5.50. The summed E-state index contributed by atoms with van der Waals surface area (Å²) in [4.78, 5) is 22.9. The molecule has 2 aromatic heterocycles. The lowest BCUT2D eigenvalue weighted by Crippen LogP contribution is -2.38. The van der Waals surface area contributed by atoms with Crippen molar-refractivity contribution in [1.82, 2.24) is 14.9 Å². The molecule has 7 heteroatoms. The van der Waals surface area contributed by atoms with E-state index in [9.17, 15) is 13.2 Å². The third kappa shape index (κ3) is 4.41. The second kappa shape index (κ2) is 8.48. The molecule has 0 bridgehead atoms. The first kappa shape index (κ1) is 21.4. The van der Waals surface area contributed by atoms with Crippen LogP contribution in [0.1, 0.15) is 34.8 Å². The van der Waals surface area contributed by atoms with Crippen molar-refractivity contribution in [3.8, 4) is 11.1 Å². The van der Waals surface area contributed by atoms with Crippen LogP contribution in [-0.4, -0.2) is 48.5 Å². The van der Waals surface area contributed by atoms with Crippen LogP contribution in [0.15, 0.2) is 77.8 Å². The molecule has 1 aliphatic heterocycles. The molecule has 2 aromatic carbocycles. The number of fused-ring (bicyclic) bond motifs is 1. The number of benzene rings is 2. The topological polar surface area (TPSA) is 83.1 Å². The molecule has 5 rings (SSSR count). The summed E-state index contributed by atoms with van der Waals surface area (Å²) in [5.41, 5.74) is 4.28. The molecule has 3 heterocycles. The number of sulfone groups is 1. The van der Waals surface area contributed by atoms with Gasteiger partial charge in [0.15, 0.2) is 9.84 Å². The highest BCUT2D eigenvalue weighted by molar-refractivity contribution is 7.90. The highest BCUT2D eigenvalue weighted by Crippen LogP contribution is 2.29. The summed E-state index contributed by atoms with van der Waals surface area (Å²) >= 11 is 0. The van der Waals surface area contributed by atoms with Crippen LogP contribution in [0.2, 0.25) is 0 Å². The first-order valence-electron chi connectivity index (χ1n) is 11.0. The Morgan fingerprint density at radius 1 is 0.970 bits per heavy atom. The molecule has 4 aromatic rings. The van der Waals surface area contributed by atoms with Crippen molar-refractivity contribution in [3.63, 3.8) is 0 Å². The van der Waals surface area contributed by atoms with E-state index >= 15 is 0 Å². The largest absolute Gasteiger partial charge is 0.337 e. The number of H-pyrrole nitrogens is 1. The van der Waals surface area contributed by atoms with E-state index < -0.39 is 9.84 Å². The zero-order valence-electron chi connectivity index (χ0n) is 18.4. The van der Waals surface area contributed by atoms with Gasteiger partial charge in [0.2, 0.25) is 0 Å². The van der Waals surface area contributed by atoms with Gasteiger partial charge in [-0.05, 0) is 54.2 Å². The highest BCUT2D eigenvalue weighted by Gasteiger charge is 2.25. The van der Waals surface area contributed by atoms with Crippen molar-refractivity contribution in [3.05, 3.63) is 84.2 Å². The number of pyridine rings is 1. The van der Waals surface area contributed by atoms with Crippen LogP contribution in [0.3, 0.4) is 0 Å². The number of aromatic amines is 1. The number of likely N-dealkylation sites (tertiary alicyclic amines) is 1. The van der Waals surface area contributed by atoms with Gasteiger partial charge in [-0.1, -0.05) is 42.5 Å². The normalized spacial score (nSPS) is 15.1. The number of piperidine rings is 1. The fourth-order valence-corrected chi connectivity index (χ4v) is 5.12. The quantitative estimate of drug-likeness (QED) is 0.481. The number of nitrogens with one attached hydrogen (secondary N) is 1. The van der Waals surface area contributed by atoms with Crippen molar-refractivity contribution < 1.29 is 13.2 Å². The monoisotopic (exact) mass is 459 g/mol. The number of nitrogens with zero attached hydrogens (tertiary/aromatic N) is 2. The molecule has 33 heavy (non-hydrogen) atoms. The van der Waals surface area contributed by atoms with Gasteiger partial charge in [0, 0.05) is 36.5 Å². The van der Waals surface area contributed by atoms with Gasteiger partial charge in [0.05, 0.1) is 4.90 Å². The minimum absolute atomic E-state index is 0.00133. The fourth-order valence-electron chi connectivity index (χ4n) is 4.49. The lowest BCUT2D eigenvalue weighted by atomic mass is 9.89. The summed E-state index contributed by atoms with van der Waals surface area (Å²) in [6.07, 6.45) is 4.84. The minimum atomic E-state index is -3.24. The van der Waals surface area contributed by atoms with Gasteiger partial charge in [-0.25, -0.2) is 13.4 Å². The van der Waals surface area contributed by atoms with Crippen LogP contribution in [0.5, 0.6) is 0 Å². The standard InChI is InChI=1S/C26H25N3O3S/c1-33(31,32)23-9-7-19(8-10-23)22-15-21-16-24(28-25(21)27-17-22)26(30)29-13-11-20(12-14-29)18-5-3-2-4-6-18/h2-10,15-17,20H,11-14H2,1H3,(H,27,28). The van der Waals surface area contributed by atoms with Crippen molar-refractivity contribution in [2.24, 2.45) is 0 Å². The van der Waals surface area contributed by atoms with Crippen LogP contribution < -0.4 is 0 Å². The summed E-state index contributed by atoms with van der Waals surface area (Å²) in [6.45, 7) is 1.47. The zero-order valence-corrected chi connectivity index (χ0v) is 19.2. The van der Waals surface area contributed by atoms with Crippen LogP contribution in [0, 0.1) is 0 Å². The molecule has 168 valence electrons. The summed E-state index contributed by atoms with van der Waals surface area (Å²) in [6, 6.07) is 21.0. The predicted molar refractivity (Wildman–Crippen MR) is 129 cm³/mol. The predicted octanol–water partition coefficient (Wildman–Crippen LogP) is 4.65. The van der Waals surface area contributed by atoms with Gasteiger partial charge < -0.3 is 9.88 Å². The van der Waals surface area contributed by atoms with Crippen LogP contribution in [-0.2, 0) is 9.84 Å². The van der Waals surface area contributed by atoms with Crippen molar-refractivity contribution >= 4 is 26.8 Å². The van der Waals surface area contributed by atoms with Crippen LogP contribution in [0.4, 0.5) is 0 Å². The maximum atomic E-state index is 13.1. The number of carbonyl (C=O) groups excluding carboxylic acids is 1. The molecule has 0 aliphatic carbocycles. The lowest BCUT2D eigenvalue weighted by molar-refractivity contribution is 0.0708. The second-order valence-electron chi connectivity index (χ2n) is 8.62. The number of hydrogen-bond acceptors (Lipinski definition) is 4. The molecule has 1 aliphatic rings. The molecule has 1 N–H and O–H groups in total. The van der Waals surface area contributed by atoms with E-state index in [1.54, 1.807) is 30.5 Å². The minimum Gasteiger partial charge on any atom is -0.337 e. The maximum absolute atomic E-state index is 13.1. The molecule has 0 spiro atoms. The summed E-state index contributed by atoms with van der Waals surface area (Å²) < 4.78 is 23.4. The van der Waals surface area contributed by atoms with E-state index in [1.165, 1.54) is 11.8 Å². The van der Waals surface area contributed by atoms with E-state index in [0.717, 1.165) is 42.4 Å². The molecule has 0 radical (unpaired) electrons. The van der Waals surface area contributed by atoms with E-state index in [0.29, 0.717) is 17.3 Å². The fraction of sp³-hybridized carbons (Fsp3) is 0.231. The number of amides is 1. The average Bonchev–Trinajstić information content (AvgIpc) is 3.27. The highest BCUT2D eigenvalue weighted by atomic mass is 32.2. The Labute approximate surface area is 193 Å². The summed E-state index contributed by atoms with van der Waals surface area (Å²) in [5, 5.41) is 0.849. The molecule has 1 saturated heterocycles. The van der Waals surface area contributed by atoms with Gasteiger partial charge in [-0.15, -0.1) is 0 Å². The van der Waals surface area contributed by atoms with Gasteiger partial charge >= 0.3 is 0 Å². The number of aromatic nitrogens is 2. The first-order chi connectivity index (χ1) is 15.9. The Bertz CT molecular complexity index is 1400. The molecule has 0 saturated carbocycles. The molecular weight excluding hydrogens is 434 g/mol. The molecule has 0 unspecified atom stereocenters. The van der Waals surface area contributed by atoms with E-state index in [4.69, 9.17) is 0 Å². The average molecular weight is 460 g/mol. The van der Waals surface area contributed by atoms with E-state index in [1.807, 2.05) is 23.1 Å². The Balaban J connectivity index is 1.32. The van der Waals surface area contributed by atoms with Gasteiger partial charge in [0.25, 0.3) is 5.91 Å². The van der Waals surface area contributed by atoms with Crippen molar-refractivity contribution in [2.45, 2.75) is 23.7 Å². The third-order valence-corrected chi connectivity index (χ3v) is 7.50. The van der Waals surface area contributed by atoms with Gasteiger partial charge in [0.1, 0.15) is 11.3 Å². The van der Waals surface area contributed by atoms with Gasteiger partial charge in [-0.2, -0.15) is 0 Å². The molecule has 0 atom stereocenters.